The Bertz CT molecular complexity index is 1360. The Balaban J connectivity index is 0.000000324. The first kappa shape index (κ1) is 32.8. The topological polar surface area (TPSA) is 89.9 Å². The third-order valence-electron chi connectivity index (χ3n) is 5.85. The molecule has 1 aliphatic heterocycles. The summed E-state index contributed by atoms with van der Waals surface area (Å²) in [5.41, 5.74) is 0.118. The Morgan fingerprint density at radius 3 is 2.12 bits per heavy atom. The molecule has 0 saturated carbocycles. The van der Waals surface area contributed by atoms with Gasteiger partial charge in [0.15, 0.2) is 0 Å². The highest BCUT2D eigenvalue weighted by atomic mass is 19.3. The number of nitrogens with one attached hydrogen (secondary N) is 1. The molecule has 13 heteroatoms. The van der Waals surface area contributed by atoms with E-state index in [-0.39, 0.29) is 42.3 Å². The molecule has 1 aliphatic rings. The van der Waals surface area contributed by atoms with Gasteiger partial charge < -0.3 is 24.3 Å². The summed E-state index contributed by atoms with van der Waals surface area (Å²) in [6.07, 6.45) is 1.49. The van der Waals surface area contributed by atoms with Gasteiger partial charge in [0.1, 0.15) is 34.6 Å². The first-order chi connectivity index (χ1) is 19.4. The fourth-order valence-corrected chi connectivity index (χ4v) is 3.93. The van der Waals surface area contributed by atoms with E-state index in [9.17, 15) is 31.5 Å². The molecule has 1 unspecified atom stereocenters. The third-order valence-corrected chi connectivity index (χ3v) is 5.85. The number of hydrogen-bond donors (Lipinski definition) is 1. The van der Waals surface area contributed by atoms with Gasteiger partial charge >= 0.3 is 6.61 Å². The first-order valence-corrected chi connectivity index (χ1v) is 12.3. The summed E-state index contributed by atoms with van der Waals surface area (Å²) < 4.78 is 75.6. The minimum atomic E-state index is -2.74. The Morgan fingerprint density at radius 1 is 1.05 bits per heavy atom. The lowest BCUT2D eigenvalue weighted by Crippen LogP contribution is -2.33. The van der Waals surface area contributed by atoms with Crippen LogP contribution in [0.1, 0.15) is 30.4 Å². The summed E-state index contributed by atoms with van der Waals surface area (Å²) in [6.45, 7) is 0.934. The largest absolute Gasteiger partial charge is 0.497 e. The zero-order chi connectivity index (χ0) is 30.7. The van der Waals surface area contributed by atoms with Crippen molar-refractivity contribution < 1.29 is 41.0 Å². The van der Waals surface area contributed by atoms with E-state index in [1.807, 2.05) is 6.92 Å². The van der Waals surface area contributed by atoms with Gasteiger partial charge in [-0.2, -0.15) is 8.78 Å². The zero-order valence-corrected chi connectivity index (χ0v) is 22.8. The molecule has 1 atom stereocenters. The number of carbonyl (C=O) groups excluding carboxylic acids is 2. The number of pyridine rings is 1. The van der Waals surface area contributed by atoms with Gasteiger partial charge in [-0.25, -0.2) is 13.2 Å². The average Bonchev–Trinajstić information content (AvgIpc) is 3.31. The molecule has 0 aliphatic carbocycles. The van der Waals surface area contributed by atoms with Crippen LogP contribution in [0.2, 0.25) is 0 Å². The van der Waals surface area contributed by atoms with Crippen molar-refractivity contribution in [2.45, 2.75) is 39.3 Å². The van der Waals surface area contributed by atoms with Crippen LogP contribution in [-0.4, -0.2) is 44.2 Å². The lowest BCUT2D eigenvalue weighted by atomic mass is 9.97. The van der Waals surface area contributed by atoms with Crippen LogP contribution in [-0.2, 0) is 16.1 Å². The van der Waals surface area contributed by atoms with Gasteiger partial charge in [0.2, 0.25) is 12.3 Å². The van der Waals surface area contributed by atoms with Gasteiger partial charge in [-0.05, 0) is 26.0 Å². The molecule has 3 aromatic rings. The van der Waals surface area contributed by atoms with Crippen LogP contribution in [0.3, 0.4) is 0 Å². The zero-order valence-electron chi connectivity index (χ0n) is 22.8. The van der Waals surface area contributed by atoms with Gasteiger partial charge in [-0.1, -0.05) is 17.7 Å². The summed E-state index contributed by atoms with van der Waals surface area (Å²) in [6, 6.07) is 9.52. The Kier molecular flexibility index (Phi) is 12.3. The van der Waals surface area contributed by atoms with E-state index in [4.69, 9.17) is 9.53 Å². The second kappa shape index (κ2) is 15.4. The van der Waals surface area contributed by atoms with E-state index >= 15 is 0 Å². The monoisotopic (exact) mass is 583 g/mol. The molecule has 8 nitrogen and oxygen atoms in total. The normalized spacial score (nSPS) is 14.0. The van der Waals surface area contributed by atoms with Crippen LogP contribution < -0.4 is 25.2 Å². The van der Waals surface area contributed by atoms with E-state index in [0.29, 0.717) is 6.41 Å². The van der Waals surface area contributed by atoms with E-state index in [0.717, 1.165) is 39.4 Å². The molecule has 2 heterocycles. The minimum absolute atomic E-state index is 0.0286. The average molecular weight is 584 g/mol. The number of nitrogens with zero attached hydrogens (tertiary/aromatic N) is 2. The summed E-state index contributed by atoms with van der Waals surface area (Å²) in [5.74, 6) is -3.37. The van der Waals surface area contributed by atoms with Gasteiger partial charge in [0, 0.05) is 62.4 Å². The number of methoxy groups -OCH3 is 1. The summed E-state index contributed by atoms with van der Waals surface area (Å²) in [4.78, 5) is 34.9. The second-order valence-corrected chi connectivity index (χ2v) is 8.64. The lowest BCUT2D eigenvalue weighted by molar-refractivity contribution is -0.117. The summed E-state index contributed by atoms with van der Waals surface area (Å²) >= 11 is 0. The van der Waals surface area contributed by atoms with Crippen LogP contribution in [0.4, 0.5) is 27.6 Å². The lowest BCUT2D eigenvalue weighted by Gasteiger charge is -2.18. The van der Waals surface area contributed by atoms with E-state index in [2.05, 4.69) is 10.1 Å². The molecule has 0 bridgehead atoms. The maximum atomic E-state index is 14.3. The number of aryl methyl sites for hydroxylation is 2. The Hall–Kier alpha value is -4.42. The van der Waals surface area contributed by atoms with Crippen LogP contribution in [0.25, 0.3) is 0 Å². The SMILES string of the molecule is CCn1cc(F)cc(N2CC(c3c(F)cc(OC)cc3F)CC2=O)c1=O.CNC=O.Cc1ccc(OC(F)F)cc1. The fraction of sp³-hybridized carbons (Fsp3) is 0.321. The number of halogens is 5. The predicted octanol–water partition coefficient (Wildman–Crippen LogP) is 4.77. The Morgan fingerprint density at radius 2 is 1.63 bits per heavy atom. The second-order valence-electron chi connectivity index (χ2n) is 8.64. The number of benzene rings is 2. The van der Waals surface area contributed by atoms with Crippen LogP contribution in [0, 0.1) is 24.4 Å². The highest BCUT2D eigenvalue weighted by Crippen LogP contribution is 2.35. The standard InChI is InChI=1S/C18H17F3N2O3.C8H8F2O.C2H5NO/c1-3-22-9-11(19)5-15(18(22)25)23-8-10(4-16(23)24)17-13(20)6-12(26-2)7-14(17)21;1-6-2-4-7(5-3-6)11-8(9)10;1-3-2-4/h5-7,9-10H,3-4,8H2,1-2H3;2-5,8H,1H3;2H,1H3,(H,3,4). The van der Waals surface area contributed by atoms with Crippen molar-refractivity contribution in [2.24, 2.45) is 0 Å². The highest BCUT2D eigenvalue weighted by Gasteiger charge is 2.36. The molecular formula is C28H30F5N3O5. The molecule has 1 N–H and O–H groups in total. The number of ether oxygens (including phenoxy) is 2. The van der Waals surface area contributed by atoms with Crippen LogP contribution in [0.15, 0.2) is 53.5 Å². The maximum absolute atomic E-state index is 14.3. The van der Waals surface area contributed by atoms with Gasteiger partial charge in [0.25, 0.3) is 5.56 Å². The molecule has 2 amide bonds. The van der Waals surface area contributed by atoms with Gasteiger partial charge in [0.05, 0.1) is 7.11 Å². The van der Waals surface area contributed by atoms with Gasteiger partial charge in [-0.15, -0.1) is 0 Å². The Labute approximate surface area is 233 Å². The van der Waals surface area contributed by atoms with E-state index in [1.54, 1.807) is 26.1 Å². The van der Waals surface area contributed by atoms with Crippen molar-refractivity contribution >= 4 is 18.0 Å². The number of anilines is 1. The minimum Gasteiger partial charge on any atom is -0.497 e. The number of carbonyl (C=O) groups is 2. The molecule has 222 valence electrons. The number of rotatable bonds is 7. The van der Waals surface area contributed by atoms with Crippen molar-refractivity contribution in [1.82, 2.24) is 9.88 Å². The van der Waals surface area contributed by atoms with Crippen molar-refractivity contribution in [3.05, 3.63) is 87.6 Å². The first-order valence-electron chi connectivity index (χ1n) is 12.3. The molecule has 4 rings (SSSR count). The molecule has 1 aromatic heterocycles. The fourth-order valence-electron chi connectivity index (χ4n) is 3.93. The number of aromatic nitrogens is 1. The van der Waals surface area contributed by atoms with E-state index in [1.165, 1.54) is 19.2 Å². The van der Waals surface area contributed by atoms with Crippen LogP contribution in [0.5, 0.6) is 11.5 Å². The third kappa shape index (κ3) is 9.05. The van der Waals surface area contributed by atoms with Crippen molar-refractivity contribution in [1.29, 1.82) is 0 Å². The summed E-state index contributed by atoms with van der Waals surface area (Å²) in [7, 11) is 2.85. The van der Waals surface area contributed by atoms with E-state index < -0.39 is 41.4 Å². The highest BCUT2D eigenvalue weighted by molar-refractivity contribution is 5.96. The number of hydrogen-bond acceptors (Lipinski definition) is 5. The van der Waals surface area contributed by atoms with Crippen molar-refractivity contribution in [2.75, 3.05) is 25.6 Å². The smallest absolute Gasteiger partial charge is 0.387 e. The maximum Gasteiger partial charge on any atom is 0.387 e. The number of alkyl halides is 2. The van der Waals surface area contributed by atoms with Crippen LogP contribution >= 0.6 is 0 Å². The molecule has 41 heavy (non-hydrogen) atoms. The van der Waals surface area contributed by atoms with Crippen molar-refractivity contribution in [3.8, 4) is 11.5 Å². The van der Waals surface area contributed by atoms with Crippen molar-refractivity contribution in [3.63, 3.8) is 0 Å². The molecule has 0 radical (unpaired) electrons. The molecular weight excluding hydrogens is 553 g/mol. The quantitative estimate of drug-likeness (QED) is 0.320. The van der Waals surface area contributed by atoms with Gasteiger partial charge in [-0.3, -0.25) is 14.4 Å². The summed E-state index contributed by atoms with van der Waals surface area (Å²) in [5, 5.41) is 2.25. The predicted molar refractivity (Wildman–Crippen MR) is 142 cm³/mol. The molecule has 1 saturated heterocycles. The number of amides is 2. The molecule has 1 fully saturated rings. The molecule has 0 spiro atoms. The molecule has 2 aromatic carbocycles.